The molecule has 1 aliphatic heterocycles. The quantitative estimate of drug-likeness (QED) is 0.680. The first-order chi connectivity index (χ1) is 9.40. The normalized spacial score (nSPS) is 22.6. The minimum Gasteiger partial charge on any atom is -0.480 e. The Labute approximate surface area is 115 Å². The molecule has 0 spiro atoms. The molecule has 0 amide bonds. The van der Waals surface area contributed by atoms with Crippen molar-refractivity contribution in [3.8, 4) is 0 Å². The van der Waals surface area contributed by atoms with Gasteiger partial charge in [0.05, 0.1) is 11.0 Å². The number of benzene rings is 1. The van der Waals surface area contributed by atoms with Crippen molar-refractivity contribution in [2.45, 2.75) is 25.8 Å². The Kier molecular flexibility index (Phi) is 3.87. The number of nitrogens with zero attached hydrogens (tertiary/aromatic N) is 2. The first kappa shape index (κ1) is 14.2. The standard InChI is InChI=1S/C13H15FN2O4/c1-8-4-5-15(12(6-8)13(17)18)10-3-2-9(14)7-11(10)16(19)20/h2-3,7-8,12H,4-6H2,1H3,(H,17,18). The van der Waals surface area contributed by atoms with Gasteiger partial charge in [0.25, 0.3) is 5.69 Å². The van der Waals surface area contributed by atoms with Crippen LogP contribution in [0.2, 0.25) is 0 Å². The molecule has 2 rings (SSSR count). The van der Waals surface area contributed by atoms with Crippen molar-refractivity contribution in [2.75, 3.05) is 11.4 Å². The summed E-state index contributed by atoms with van der Waals surface area (Å²) in [5.41, 5.74) is -0.235. The van der Waals surface area contributed by atoms with Gasteiger partial charge in [0.15, 0.2) is 0 Å². The van der Waals surface area contributed by atoms with Crippen LogP contribution in [0.5, 0.6) is 0 Å². The lowest BCUT2D eigenvalue weighted by atomic mass is 9.92. The molecule has 0 radical (unpaired) electrons. The van der Waals surface area contributed by atoms with Gasteiger partial charge >= 0.3 is 5.97 Å². The summed E-state index contributed by atoms with van der Waals surface area (Å²) in [5.74, 6) is -1.49. The Balaban J connectivity index is 2.43. The van der Waals surface area contributed by atoms with Crippen molar-refractivity contribution in [1.82, 2.24) is 0 Å². The molecule has 7 heteroatoms. The van der Waals surface area contributed by atoms with Crippen LogP contribution < -0.4 is 4.90 Å². The third-order valence-electron chi connectivity index (χ3n) is 3.59. The topological polar surface area (TPSA) is 83.7 Å². The predicted octanol–water partition coefficient (Wildman–Crippen LogP) is 2.42. The van der Waals surface area contributed by atoms with Gasteiger partial charge in [-0.15, -0.1) is 0 Å². The summed E-state index contributed by atoms with van der Waals surface area (Å²) >= 11 is 0. The number of hydrogen-bond acceptors (Lipinski definition) is 4. The molecule has 108 valence electrons. The molecule has 2 atom stereocenters. The number of halogens is 1. The van der Waals surface area contributed by atoms with Crippen molar-refractivity contribution in [2.24, 2.45) is 5.92 Å². The number of carboxylic acid groups (broad SMARTS) is 1. The van der Waals surface area contributed by atoms with Gasteiger partial charge in [0.2, 0.25) is 0 Å². The van der Waals surface area contributed by atoms with Crippen molar-refractivity contribution >= 4 is 17.3 Å². The highest BCUT2D eigenvalue weighted by atomic mass is 19.1. The van der Waals surface area contributed by atoms with Crippen LogP contribution in [-0.2, 0) is 4.79 Å². The average Bonchev–Trinajstić information content (AvgIpc) is 2.38. The average molecular weight is 282 g/mol. The van der Waals surface area contributed by atoms with E-state index in [2.05, 4.69) is 0 Å². The molecule has 1 N–H and O–H groups in total. The van der Waals surface area contributed by atoms with Crippen molar-refractivity contribution < 1.29 is 19.2 Å². The van der Waals surface area contributed by atoms with E-state index in [-0.39, 0.29) is 11.6 Å². The summed E-state index contributed by atoms with van der Waals surface area (Å²) in [6.45, 7) is 2.36. The first-order valence-corrected chi connectivity index (χ1v) is 6.33. The molecule has 0 saturated carbocycles. The Morgan fingerprint density at radius 1 is 1.55 bits per heavy atom. The second-order valence-corrected chi connectivity index (χ2v) is 5.07. The molecule has 0 aliphatic carbocycles. The SMILES string of the molecule is CC1CCN(c2ccc(F)cc2[N+](=O)[O-])C(C(=O)O)C1. The number of piperidine rings is 1. The molecule has 1 aliphatic rings. The van der Waals surface area contributed by atoms with E-state index in [4.69, 9.17) is 0 Å². The van der Waals surface area contributed by atoms with E-state index in [0.29, 0.717) is 13.0 Å². The van der Waals surface area contributed by atoms with Crippen LogP contribution in [0.4, 0.5) is 15.8 Å². The minimum atomic E-state index is -1.02. The van der Waals surface area contributed by atoms with Crippen LogP contribution in [0.3, 0.4) is 0 Å². The van der Waals surface area contributed by atoms with Crippen LogP contribution >= 0.6 is 0 Å². The number of nitro benzene ring substituents is 1. The van der Waals surface area contributed by atoms with Crippen molar-refractivity contribution in [3.05, 3.63) is 34.1 Å². The monoisotopic (exact) mass is 282 g/mol. The zero-order valence-electron chi connectivity index (χ0n) is 11.0. The van der Waals surface area contributed by atoms with Gasteiger partial charge in [0.1, 0.15) is 17.5 Å². The fourth-order valence-corrected chi connectivity index (χ4v) is 2.55. The first-order valence-electron chi connectivity index (χ1n) is 6.33. The molecule has 1 heterocycles. The van der Waals surface area contributed by atoms with Crippen molar-refractivity contribution in [1.29, 1.82) is 0 Å². The molecular weight excluding hydrogens is 267 g/mol. The highest BCUT2D eigenvalue weighted by Crippen LogP contribution is 2.34. The van der Waals surface area contributed by atoms with Crippen LogP contribution in [0.1, 0.15) is 19.8 Å². The highest BCUT2D eigenvalue weighted by molar-refractivity contribution is 5.80. The summed E-state index contributed by atoms with van der Waals surface area (Å²) in [4.78, 5) is 23.2. The zero-order chi connectivity index (χ0) is 14.9. The Hall–Kier alpha value is -2.18. The molecule has 1 saturated heterocycles. The number of nitro groups is 1. The van der Waals surface area contributed by atoms with Gasteiger partial charge in [-0.1, -0.05) is 6.92 Å². The van der Waals surface area contributed by atoms with E-state index >= 15 is 0 Å². The van der Waals surface area contributed by atoms with E-state index in [1.807, 2.05) is 6.92 Å². The Bertz CT molecular complexity index is 549. The lowest BCUT2D eigenvalue weighted by Crippen LogP contribution is -2.47. The number of aliphatic carboxylic acids is 1. The van der Waals surface area contributed by atoms with E-state index in [1.54, 1.807) is 0 Å². The predicted molar refractivity (Wildman–Crippen MR) is 70.2 cm³/mol. The van der Waals surface area contributed by atoms with E-state index < -0.39 is 28.4 Å². The zero-order valence-corrected chi connectivity index (χ0v) is 11.0. The molecule has 20 heavy (non-hydrogen) atoms. The third-order valence-corrected chi connectivity index (χ3v) is 3.59. The number of carboxylic acids is 1. The maximum Gasteiger partial charge on any atom is 0.326 e. The largest absolute Gasteiger partial charge is 0.480 e. The van der Waals surface area contributed by atoms with Crippen LogP contribution in [0.25, 0.3) is 0 Å². The number of hydrogen-bond donors (Lipinski definition) is 1. The molecule has 1 fully saturated rings. The second-order valence-electron chi connectivity index (χ2n) is 5.07. The minimum absolute atomic E-state index is 0.163. The Morgan fingerprint density at radius 2 is 2.25 bits per heavy atom. The molecular formula is C13H15FN2O4. The molecule has 0 aromatic heterocycles. The molecule has 2 unspecified atom stereocenters. The summed E-state index contributed by atoms with van der Waals surface area (Å²) < 4.78 is 13.2. The third kappa shape index (κ3) is 2.71. The molecule has 0 bridgehead atoms. The molecule has 1 aromatic carbocycles. The van der Waals surface area contributed by atoms with Crippen LogP contribution in [0.15, 0.2) is 18.2 Å². The van der Waals surface area contributed by atoms with Crippen LogP contribution in [0, 0.1) is 21.8 Å². The van der Waals surface area contributed by atoms with E-state index in [0.717, 1.165) is 18.6 Å². The maximum atomic E-state index is 13.2. The number of anilines is 1. The lowest BCUT2D eigenvalue weighted by molar-refractivity contribution is -0.384. The summed E-state index contributed by atoms with van der Waals surface area (Å²) in [6.07, 6.45) is 1.17. The molecule has 6 nitrogen and oxygen atoms in total. The summed E-state index contributed by atoms with van der Waals surface area (Å²) in [6, 6.07) is 2.40. The van der Waals surface area contributed by atoms with Gasteiger partial charge in [-0.25, -0.2) is 9.18 Å². The summed E-state index contributed by atoms with van der Waals surface area (Å²) in [5, 5.41) is 20.3. The summed E-state index contributed by atoms with van der Waals surface area (Å²) in [7, 11) is 0. The lowest BCUT2D eigenvalue weighted by Gasteiger charge is -2.37. The van der Waals surface area contributed by atoms with Crippen molar-refractivity contribution in [3.63, 3.8) is 0 Å². The Morgan fingerprint density at radius 3 is 2.85 bits per heavy atom. The fraction of sp³-hybridized carbons (Fsp3) is 0.462. The second kappa shape index (κ2) is 5.44. The highest BCUT2D eigenvalue weighted by Gasteiger charge is 2.35. The van der Waals surface area contributed by atoms with Gasteiger partial charge < -0.3 is 10.0 Å². The van der Waals surface area contributed by atoms with Gasteiger partial charge in [0, 0.05) is 6.54 Å². The number of rotatable bonds is 3. The van der Waals surface area contributed by atoms with Gasteiger partial charge in [-0.05, 0) is 30.9 Å². The maximum absolute atomic E-state index is 13.2. The molecule has 1 aromatic rings. The number of carbonyl (C=O) groups is 1. The van der Waals surface area contributed by atoms with Gasteiger partial charge in [-0.3, -0.25) is 10.1 Å². The fourth-order valence-electron chi connectivity index (χ4n) is 2.55. The van der Waals surface area contributed by atoms with E-state index in [1.165, 1.54) is 11.0 Å². The van der Waals surface area contributed by atoms with Gasteiger partial charge in [-0.2, -0.15) is 0 Å². The van der Waals surface area contributed by atoms with Crippen LogP contribution in [-0.4, -0.2) is 28.6 Å². The van der Waals surface area contributed by atoms with E-state index in [9.17, 15) is 24.4 Å². The smallest absolute Gasteiger partial charge is 0.326 e.